The van der Waals surface area contributed by atoms with Crippen LogP contribution < -0.4 is 14.2 Å². The minimum Gasteiger partial charge on any atom is -0.490 e. The number of rotatable bonds is 5. The van der Waals surface area contributed by atoms with Crippen LogP contribution in [0.1, 0.15) is 6.42 Å². The van der Waals surface area contributed by atoms with Crippen molar-refractivity contribution in [2.75, 3.05) is 17.9 Å². The van der Waals surface area contributed by atoms with E-state index in [9.17, 15) is 8.42 Å². The second-order valence-corrected chi connectivity index (χ2v) is 8.84. The van der Waals surface area contributed by atoms with Crippen molar-refractivity contribution in [3.63, 3.8) is 0 Å². The van der Waals surface area contributed by atoms with Gasteiger partial charge in [-0.2, -0.15) is 0 Å². The molecular weight excluding hydrogens is 400 g/mol. The lowest BCUT2D eigenvalue weighted by molar-refractivity contribution is 0.297. The molecule has 2 aromatic carbocycles. The van der Waals surface area contributed by atoms with Gasteiger partial charge in [-0.25, -0.2) is 8.42 Å². The summed E-state index contributed by atoms with van der Waals surface area (Å²) >= 11 is 1.44. The minimum atomic E-state index is -3.75. The molecule has 28 heavy (non-hydrogen) atoms. The maximum Gasteiger partial charge on any atom is 0.262 e. The van der Waals surface area contributed by atoms with Crippen molar-refractivity contribution in [2.45, 2.75) is 21.4 Å². The first-order chi connectivity index (χ1) is 13.5. The SMILES string of the molecule is Cn1cnnc1Sc1ccc(NS(=O)(=O)c2ccc3c(c2)OCCCO3)cc1. The van der Waals surface area contributed by atoms with E-state index < -0.39 is 10.0 Å². The maximum absolute atomic E-state index is 12.7. The van der Waals surface area contributed by atoms with Crippen LogP contribution in [0.25, 0.3) is 0 Å². The van der Waals surface area contributed by atoms with Crippen molar-refractivity contribution in [3.8, 4) is 11.5 Å². The third-order valence-corrected chi connectivity index (χ3v) is 6.45. The molecule has 0 aliphatic carbocycles. The summed E-state index contributed by atoms with van der Waals surface area (Å²) in [5.41, 5.74) is 0.467. The predicted molar refractivity (Wildman–Crippen MR) is 104 cm³/mol. The standard InChI is InChI=1S/C18H18N4O4S2/c1-22-12-19-20-18(22)27-14-5-3-13(4-6-14)21-28(23,24)15-7-8-16-17(11-15)26-10-2-9-25-16/h3-8,11-12,21H,2,9-10H2,1H3. The fraction of sp³-hybridized carbons (Fsp3) is 0.222. The Morgan fingerprint density at radius 3 is 2.54 bits per heavy atom. The van der Waals surface area contributed by atoms with E-state index in [-0.39, 0.29) is 4.90 Å². The second kappa shape index (κ2) is 7.72. The fourth-order valence-electron chi connectivity index (χ4n) is 2.59. The number of anilines is 1. The molecule has 0 saturated carbocycles. The highest BCUT2D eigenvalue weighted by Crippen LogP contribution is 2.33. The molecule has 1 aliphatic heterocycles. The molecule has 0 radical (unpaired) electrons. The lowest BCUT2D eigenvalue weighted by atomic mass is 10.3. The van der Waals surface area contributed by atoms with E-state index in [1.54, 1.807) is 24.5 Å². The van der Waals surface area contributed by atoms with Crippen LogP contribution in [0.3, 0.4) is 0 Å². The number of nitrogens with zero attached hydrogens (tertiary/aromatic N) is 3. The Hall–Kier alpha value is -2.72. The molecule has 8 nitrogen and oxygen atoms in total. The molecule has 2 heterocycles. The zero-order valence-electron chi connectivity index (χ0n) is 15.0. The van der Waals surface area contributed by atoms with Gasteiger partial charge in [0.05, 0.1) is 18.1 Å². The van der Waals surface area contributed by atoms with Gasteiger partial charge in [0.2, 0.25) is 0 Å². The zero-order valence-corrected chi connectivity index (χ0v) is 16.7. The summed E-state index contributed by atoms with van der Waals surface area (Å²) in [6, 6.07) is 11.7. The highest BCUT2D eigenvalue weighted by atomic mass is 32.2. The summed E-state index contributed by atoms with van der Waals surface area (Å²) in [6.07, 6.45) is 2.38. The van der Waals surface area contributed by atoms with Crippen molar-refractivity contribution in [2.24, 2.45) is 7.05 Å². The average molecular weight is 419 g/mol. The number of nitrogens with one attached hydrogen (secondary N) is 1. The molecule has 0 fully saturated rings. The normalized spacial score (nSPS) is 13.8. The van der Waals surface area contributed by atoms with Gasteiger partial charge in [0.25, 0.3) is 10.0 Å². The van der Waals surface area contributed by atoms with Crippen LogP contribution in [0, 0.1) is 0 Å². The Kier molecular flexibility index (Phi) is 5.14. The summed E-state index contributed by atoms with van der Waals surface area (Å²) < 4.78 is 41.0. The molecule has 0 saturated heterocycles. The lowest BCUT2D eigenvalue weighted by Crippen LogP contribution is -2.13. The molecule has 0 unspecified atom stereocenters. The molecular formula is C18H18N4O4S2. The van der Waals surface area contributed by atoms with Crippen molar-refractivity contribution < 1.29 is 17.9 Å². The van der Waals surface area contributed by atoms with Crippen molar-refractivity contribution in [3.05, 3.63) is 48.8 Å². The topological polar surface area (TPSA) is 95.3 Å². The van der Waals surface area contributed by atoms with E-state index in [1.165, 1.54) is 23.9 Å². The Morgan fingerprint density at radius 1 is 1.07 bits per heavy atom. The van der Waals surface area contributed by atoms with Gasteiger partial charge in [0.1, 0.15) is 6.33 Å². The third kappa shape index (κ3) is 4.07. The number of ether oxygens (including phenoxy) is 2. The van der Waals surface area contributed by atoms with Gasteiger partial charge in [0.15, 0.2) is 16.7 Å². The van der Waals surface area contributed by atoms with Crippen molar-refractivity contribution in [1.82, 2.24) is 14.8 Å². The maximum atomic E-state index is 12.7. The van der Waals surface area contributed by atoms with E-state index in [2.05, 4.69) is 14.9 Å². The molecule has 0 amide bonds. The number of benzene rings is 2. The van der Waals surface area contributed by atoms with Crippen LogP contribution in [-0.2, 0) is 17.1 Å². The molecule has 0 spiro atoms. The van der Waals surface area contributed by atoms with Gasteiger partial charge >= 0.3 is 0 Å². The van der Waals surface area contributed by atoms with Crippen molar-refractivity contribution >= 4 is 27.5 Å². The van der Waals surface area contributed by atoms with E-state index in [1.807, 2.05) is 23.7 Å². The molecule has 3 aromatic rings. The summed E-state index contributed by atoms with van der Waals surface area (Å²) in [5, 5.41) is 8.60. The van der Waals surface area contributed by atoms with Gasteiger partial charge < -0.3 is 14.0 Å². The highest BCUT2D eigenvalue weighted by Gasteiger charge is 2.19. The fourth-order valence-corrected chi connectivity index (χ4v) is 4.42. The Morgan fingerprint density at radius 2 is 1.82 bits per heavy atom. The van der Waals surface area contributed by atoms with E-state index in [4.69, 9.17) is 9.47 Å². The average Bonchev–Trinajstić information content (AvgIpc) is 2.94. The Balaban J connectivity index is 1.50. The van der Waals surface area contributed by atoms with E-state index >= 15 is 0 Å². The van der Waals surface area contributed by atoms with Gasteiger partial charge in [0, 0.05) is 30.1 Å². The van der Waals surface area contributed by atoms with Gasteiger partial charge in [-0.05, 0) is 48.2 Å². The van der Waals surface area contributed by atoms with E-state index in [0.717, 1.165) is 16.5 Å². The molecule has 1 aromatic heterocycles. The van der Waals surface area contributed by atoms with E-state index in [0.29, 0.717) is 30.4 Å². The summed E-state index contributed by atoms with van der Waals surface area (Å²) in [4.78, 5) is 1.05. The van der Waals surface area contributed by atoms with Gasteiger partial charge in [-0.15, -0.1) is 10.2 Å². The molecule has 10 heteroatoms. The summed E-state index contributed by atoms with van der Waals surface area (Å²) in [5.74, 6) is 0.998. The number of aromatic nitrogens is 3. The number of aryl methyl sites for hydroxylation is 1. The number of hydrogen-bond acceptors (Lipinski definition) is 7. The first kappa shape index (κ1) is 18.6. The number of sulfonamides is 1. The van der Waals surface area contributed by atoms with Crippen LogP contribution >= 0.6 is 11.8 Å². The molecule has 1 N–H and O–H groups in total. The van der Waals surface area contributed by atoms with Crippen LogP contribution in [-0.4, -0.2) is 36.4 Å². The smallest absolute Gasteiger partial charge is 0.262 e. The summed E-state index contributed by atoms with van der Waals surface area (Å²) in [7, 11) is -1.89. The minimum absolute atomic E-state index is 0.120. The molecule has 0 bridgehead atoms. The van der Waals surface area contributed by atoms with Crippen LogP contribution in [0.2, 0.25) is 0 Å². The third-order valence-electron chi connectivity index (χ3n) is 4.01. The van der Waals surface area contributed by atoms with Gasteiger partial charge in [-0.1, -0.05) is 0 Å². The van der Waals surface area contributed by atoms with Gasteiger partial charge in [-0.3, -0.25) is 4.72 Å². The zero-order chi connectivity index (χ0) is 19.6. The monoisotopic (exact) mass is 418 g/mol. The first-order valence-electron chi connectivity index (χ1n) is 8.56. The van der Waals surface area contributed by atoms with Crippen molar-refractivity contribution in [1.29, 1.82) is 0 Å². The quantitative estimate of drug-likeness (QED) is 0.681. The number of hydrogen-bond donors (Lipinski definition) is 1. The molecule has 1 aliphatic rings. The number of fused-ring (bicyclic) bond motifs is 1. The lowest BCUT2D eigenvalue weighted by Gasteiger charge is -2.12. The summed E-state index contributed by atoms with van der Waals surface area (Å²) in [6.45, 7) is 1.05. The van der Waals surface area contributed by atoms with Crippen LogP contribution in [0.5, 0.6) is 11.5 Å². The molecule has 0 atom stereocenters. The Labute approximate surface area is 166 Å². The van der Waals surface area contributed by atoms with Crippen LogP contribution in [0.15, 0.2) is 63.7 Å². The second-order valence-electron chi connectivity index (χ2n) is 6.12. The largest absolute Gasteiger partial charge is 0.490 e. The molecule has 146 valence electrons. The van der Waals surface area contributed by atoms with Crippen LogP contribution in [0.4, 0.5) is 5.69 Å². The first-order valence-corrected chi connectivity index (χ1v) is 10.9. The highest BCUT2D eigenvalue weighted by molar-refractivity contribution is 7.99. The Bertz CT molecular complexity index is 1080. The predicted octanol–water partition coefficient (Wildman–Crippen LogP) is 2.93. The molecule has 4 rings (SSSR count).